The van der Waals surface area contributed by atoms with Gasteiger partial charge in [-0.15, -0.1) is 0 Å². The van der Waals surface area contributed by atoms with E-state index in [-0.39, 0.29) is 0 Å². The van der Waals surface area contributed by atoms with Crippen molar-refractivity contribution in [1.29, 1.82) is 0 Å². The Labute approximate surface area is 156 Å². The van der Waals surface area contributed by atoms with Gasteiger partial charge in [0.05, 0.1) is 4.88 Å². The van der Waals surface area contributed by atoms with Crippen LogP contribution < -0.4 is 4.57 Å². The summed E-state index contributed by atoms with van der Waals surface area (Å²) in [6.45, 7) is 6.53. The fourth-order valence-corrected chi connectivity index (χ4v) is 4.00. The van der Waals surface area contributed by atoms with Crippen molar-refractivity contribution in [3.63, 3.8) is 0 Å². The molecule has 0 bridgehead atoms. The lowest BCUT2D eigenvalue weighted by Gasteiger charge is -2.22. The molecule has 0 saturated carbocycles. The smallest absolute Gasteiger partial charge is 0.421 e. The Morgan fingerprint density at radius 3 is 1.81 bits per heavy atom. The molecule has 158 valence electrons. The molecule has 27 heavy (non-hydrogen) atoms. The number of sulfonamides is 2. The highest BCUT2D eigenvalue weighted by Crippen LogP contribution is 2.36. The molecule has 15 heteroatoms. The minimum Gasteiger partial charge on any atom is -0.421 e. The summed E-state index contributed by atoms with van der Waals surface area (Å²) in [6, 6.07) is 0. The number of alkyl halides is 6. The third-order valence-electron chi connectivity index (χ3n) is 2.68. The monoisotopic (exact) mass is 462 g/mol. The number of rotatable bonds is 5. The number of halogens is 6. The van der Waals surface area contributed by atoms with Crippen LogP contribution in [0.3, 0.4) is 0 Å². The zero-order chi connectivity index (χ0) is 21.7. The van der Waals surface area contributed by atoms with Gasteiger partial charge in [-0.25, -0.2) is 16.8 Å². The summed E-state index contributed by atoms with van der Waals surface area (Å²) >= 11 is 1.82. The van der Waals surface area contributed by atoms with Crippen LogP contribution >= 0.6 is 11.3 Å². The Morgan fingerprint density at radius 1 is 1.04 bits per heavy atom. The standard InChI is InChI=1S/C10H16NS.C2F6NO4S2/c1-4-6-7-11-8-12-9(3)10(11)5-2;3-1(4,5)14(10,11)9-15(12,13)2(6,7)8/h6-8H,4-5H2,1-3H3;/q+1;-1. The van der Waals surface area contributed by atoms with Gasteiger partial charge in [-0.2, -0.15) is 30.9 Å². The summed E-state index contributed by atoms with van der Waals surface area (Å²) in [4.78, 5) is 1.43. The molecule has 0 aliphatic carbocycles. The van der Waals surface area contributed by atoms with E-state index in [9.17, 15) is 43.2 Å². The Morgan fingerprint density at radius 2 is 1.48 bits per heavy atom. The first-order valence-electron chi connectivity index (χ1n) is 7.01. The molecule has 0 aromatic carbocycles. The summed E-state index contributed by atoms with van der Waals surface area (Å²) < 4.78 is 111. The van der Waals surface area contributed by atoms with E-state index in [1.54, 1.807) is 0 Å². The third-order valence-corrected chi connectivity index (χ3v) is 6.34. The quantitative estimate of drug-likeness (QED) is 0.491. The van der Waals surface area contributed by atoms with Crippen molar-refractivity contribution >= 4 is 37.6 Å². The summed E-state index contributed by atoms with van der Waals surface area (Å²) in [7, 11) is -13.4. The van der Waals surface area contributed by atoms with E-state index in [0.29, 0.717) is 0 Å². The van der Waals surface area contributed by atoms with Crippen molar-refractivity contribution in [2.24, 2.45) is 0 Å². The van der Waals surface area contributed by atoms with Crippen LogP contribution in [0.2, 0.25) is 0 Å². The number of hydrogen-bond acceptors (Lipinski definition) is 5. The maximum atomic E-state index is 11.4. The lowest BCUT2D eigenvalue weighted by atomic mass is 10.3. The number of aryl methyl sites for hydroxylation is 1. The highest BCUT2D eigenvalue weighted by Gasteiger charge is 2.46. The van der Waals surface area contributed by atoms with Crippen LogP contribution in [-0.2, 0) is 26.5 Å². The molecule has 0 unspecified atom stereocenters. The number of allylic oxidation sites excluding steroid dienone is 1. The molecule has 0 saturated heterocycles. The first-order valence-corrected chi connectivity index (χ1v) is 10.8. The van der Waals surface area contributed by atoms with Gasteiger partial charge >= 0.3 is 11.0 Å². The van der Waals surface area contributed by atoms with Crippen molar-refractivity contribution in [2.45, 2.75) is 44.6 Å². The molecule has 0 aliphatic rings. The molecule has 0 atom stereocenters. The van der Waals surface area contributed by atoms with E-state index >= 15 is 0 Å². The molecular formula is C12H16F6N2O4S3. The molecule has 1 aromatic rings. The van der Waals surface area contributed by atoms with Crippen molar-refractivity contribution in [1.82, 2.24) is 0 Å². The maximum Gasteiger partial charge on any atom is 0.480 e. The molecule has 1 heterocycles. The molecule has 6 nitrogen and oxygen atoms in total. The van der Waals surface area contributed by atoms with Gasteiger partial charge in [-0.05, 0) is 19.4 Å². The van der Waals surface area contributed by atoms with E-state index < -0.39 is 31.1 Å². The second-order valence-electron chi connectivity index (χ2n) is 4.70. The Balaban J connectivity index is 0.000000511. The molecule has 1 aromatic heterocycles. The average molecular weight is 462 g/mol. The van der Waals surface area contributed by atoms with Crippen LogP contribution in [0.1, 0.15) is 30.8 Å². The number of thiazole rings is 1. The van der Waals surface area contributed by atoms with Gasteiger partial charge in [0, 0.05) is 6.42 Å². The SMILES string of the molecule is CCC=C[n+]1csc(C)c1CC.O=S(=O)([N-]S(=O)(=O)C(F)(F)F)C(F)(F)F. The topological polar surface area (TPSA) is 86.3 Å². The van der Waals surface area contributed by atoms with Crippen molar-refractivity contribution in [3.05, 3.63) is 26.3 Å². The van der Waals surface area contributed by atoms with Crippen molar-refractivity contribution in [2.75, 3.05) is 0 Å². The number of nitrogens with zero attached hydrogens (tertiary/aromatic N) is 2. The van der Waals surface area contributed by atoms with E-state index in [4.69, 9.17) is 0 Å². The van der Waals surface area contributed by atoms with Crippen LogP contribution in [0, 0.1) is 6.92 Å². The Bertz CT molecular complexity index is 813. The summed E-state index contributed by atoms with van der Waals surface area (Å²) in [5, 5.41) is 0. The van der Waals surface area contributed by atoms with E-state index in [0.717, 1.165) is 17.0 Å². The van der Waals surface area contributed by atoms with Gasteiger partial charge in [0.15, 0.2) is 31.9 Å². The largest absolute Gasteiger partial charge is 0.480 e. The predicted molar refractivity (Wildman–Crippen MR) is 87.6 cm³/mol. The number of hydrogen-bond donors (Lipinski definition) is 0. The highest BCUT2D eigenvalue weighted by molar-refractivity contribution is 8.13. The molecule has 0 N–H and O–H groups in total. The van der Waals surface area contributed by atoms with Crippen molar-refractivity contribution < 1.29 is 47.7 Å². The van der Waals surface area contributed by atoms with Gasteiger partial charge < -0.3 is 4.13 Å². The summed E-state index contributed by atoms with van der Waals surface area (Å²) in [5.74, 6) is 0. The second-order valence-corrected chi connectivity index (χ2v) is 9.18. The van der Waals surface area contributed by atoms with Crippen LogP contribution in [-0.4, -0.2) is 27.9 Å². The fourth-order valence-electron chi connectivity index (χ4n) is 1.44. The predicted octanol–water partition coefficient (Wildman–Crippen LogP) is 3.85. The molecule has 1 rings (SSSR count). The molecule has 0 amide bonds. The fraction of sp³-hybridized carbons (Fsp3) is 0.583. The maximum absolute atomic E-state index is 11.4. The highest BCUT2D eigenvalue weighted by atomic mass is 32.3. The molecular weight excluding hydrogens is 446 g/mol. The molecule has 0 spiro atoms. The minimum absolute atomic E-state index is 0.778. The van der Waals surface area contributed by atoms with Crippen LogP contribution in [0.5, 0.6) is 0 Å². The zero-order valence-electron chi connectivity index (χ0n) is 14.2. The lowest BCUT2D eigenvalue weighted by Crippen LogP contribution is -2.30. The van der Waals surface area contributed by atoms with E-state index in [1.807, 2.05) is 11.3 Å². The molecule has 0 aliphatic heterocycles. The normalized spacial score (nSPS) is 13.5. The third kappa shape index (κ3) is 7.38. The van der Waals surface area contributed by atoms with Crippen molar-refractivity contribution in [3.8, 4) is 0 Å². The van der Waals surface area contributed by atoms with Gasteiger partial charge in [0.2, 0.25) is 5.51 Å². The van der Waals surface area contributed by atoms with Crippen LogP contribution in [0.15, 0.2) is 11.6 Å². The minimum atomic E-state index is -6.72. The Hall–Kier alpha value is -1.19. The molecule has 0 radical (unpaired) electrons. The number of aromatic nitrogens is 1. The van der Waals surface area contributed by atoms with Gasteiger partial charge in [0.1, 0.15) is 0 Å². The second kappa shape index (κ2) is 9.34. The first-order chi connectivity index (χ1) is 12.0. The van der Waals surface area contributed by atoms with Crippen LogP contribution in [0.25, 0.3) is 10.3 Å². The average Bonchev–Trinajstić information content (AvgIpc) is 2.82. The zero-order valence-corrected chi connectivity index (χ0v) is 16.6. The lowest BCUT2D eigenvalue weighted by molar-refractivity contribution is -0.571. The molecule has 0 fully saturated rings. The van der Waals surface area contributed by atoms with Gasteiger partial charge in [-0.3, -0.25) is 0 Å². The van der Waals surface area contributed by atoms with Gasteiger partial charge in [0.25, 0.3) is 0 Å². The van der Waals surface area contributed by atoms with Gasteiger partial charge in [-0.1, -0.05) is 25.2 Å². The van der Waals surface area contributed by atoms with E-state index in [1.165, 1.54) is 10.6 Å². The van der Waals surface area contributed by atoms with Crippen LogP contribution in [0.4, 0.5) is 26.3 Å². The summed E-state index contributed by atoms with van der Waals surface area (Å²) in [5.41, 5.74) is -8.80. The Kier molecular flexibility index (Phi) is 8.93. The first kappa shape index (κ1) is 25.8. The summed E-state index contributed by atoms with van der Waals surface area (Å²) in [6.07, 6.45) is 6.56. The van der Waals surface area contributed by atoms with E-state index in [2.05, 4.69) is 43.1 Å².